The van der Waals surface area contributed by atoms with E-state index >= 15 is 0 Å². The molecular weight excluding hydrogens is 509 g/mol. The normalized spacial score (nSPS) is 24.8. The first-order chi connectivity index (χ1) is 17.5. The maximum Gasteiger partial charge on any atom is 0.468 e. The van der Waals surface area contributed by atoms with Gasteiger partial charge >= 0.3 is 12.1 Å². The lowest BCUT2D eigenvalue weighted by atomic mass is 9.76. The standard InChI is InChI=1S/C25H27F3N4O4S/c26-25(27,28)23-30-20(16-5-7-17(8-6-16)32-11-13-37(34,35)14-12-32)21(36-23)18-3-1-2-4-19(18)22(33)31-24(15-29)9-10-24/h5-8,18-19H,1-4,9-14H2,(H,31,33)/t18-,19-/m1/s1. The molecule has 0 spiro atoms. The minimum absolute atomic E-state index is 0.0331. The van der Waals surface area contributed by atoms with E-state index < -0.39 is 39.3 Å². The lowest BCUT2D eigenvalue weighted by Crippen LogP contribution is -2.42. The van der Waals surface area contributed by atoms with Gasteiger partial charge in [-0.2, -0.15) is 18.4 Å². The fraction of sp³-hybridized carbons (Fsp3) is 0.560. The quantitative estimate of drug-likeness (QED) is 0.613. The lowest BCUT2D eigenvalue weighted by molar-refractivity contribution is -0.157. The van der Waals surface area contributed by atoms with Crippen molar-refractivity contribution < 1.29 is 30.8 Å². The van der Waals surface area contributed by atoms with Crippen molar-refractivity contribution in [1.29, 1.82) is 5.26 Å². The summed E-state index contributed by atoms with van der Waals surface area (Å²) >= 11 is 0. The summed E-state index contributed by atoms with van der Waals surface area (Å²) < 4.78 is 69.7. The first-order valence-electron chi connectivity index (χ1n) is 12.4. The number of nitriles is 1. The van der Waals surface area contributed by atoms with Crippen LogP contribution < -0.4 is 10.2 Å². The van der Waals surface area contributed by atoms with E-state index in [1.54, 1.807) is 24.3 Å². The molecule has 1 aromatic carbocycles. The zero-order valence-corrected chi connectivity index (χ0v) is 20.9. The van der Waals surface area contributed by atoms with E-state index in [9.17, 15) is 31.6 Å². The van der Waals surface area contributed by atoms with Crippen LogP contribution in [0.1, 0.15) is 56.1 Å². The van der Waals surface area contributed by atoms with Gasteiger partial charge in [0.1, 0.15) is 17.0 Å². The topological polar surface area (TPSA) is 116 Å². The Kier molecular flexibility index (Phi) is 6.46. The van der Waals surface area contributed by atoms with Gasteiger partial charge in [0.25, 0.3) is 0 Å². The van der Waals surface area contributed by atoms with Gasteiger partial charge in [0, 0.05) is 36.2 Å². The Morgan fingerprint density at radius 1 is 1.14 bits per heavy atom. The number of carbonyl (C=O) groups is 1. The Morgan fingerprint density at radius 3 is 2.38 bits per heavy atom. The van der Waals surface area contributed by atoms with Crippen molar-refractivity contribution >= 4 is 21.4 Å². The largest absolute Gasteiger partial charge is 0.468 e. The van der Waals surface area contributed by atoms with E-state index in [-0.39, 0.29) is 28.9 Å². The number of halogens is 3. The summed E-state index contributed by atoms with van der Waals surface area (Å²) in [6.45, 7) is 0.691. The third-order valence-electron chi connectivity index (χ3n) is 7.51. The molecule has 0 unspecified atom stereocenters. The van der Waals surface area contributed by atoms with Crippen LogP contribution in [0, 0.1) is 17.2 Å². The van der Waals surface area contributed by atoms with Gasteiger partial charge in [-0.05, 0) is 37.8 Å². The molecule has 2 atom stereocenters. The van der Waals surface area contributed by atoms with Crippen LogP contribution in [-0.4, -0.2) is 49.4 Å². The number of nitrogens with one attached hydrogen (secondary N) is 1. The Hall–Kier alpha value is -3.07. The molecule has 1 aliphatic heterocycles. The maximum atomic E-state index is 13.6. The highest BCUT2D eigenvalue weighted by atomic mass is 32.2. The third kappa shape index (κ3) is 5.32. The molecule has 3 fully saturated rings. The molecule has 37 heavy (non-hydrogen) atoms. The second kappa shape index (κ2) is 9.35. The van der Waals surface area contributed by atoms with Crippen LogP contribution in [0.5, 0.6) is 0 Å². The van der Waals surface area contributed by atoms with E-state index in [0.29, 0.717) is 44.3 Å². The second-order valence-electron chi connectivity index (χ2n) is 10.1. The molecule has 2 saturated carbocycles. The maximum absolute atomic E-state index is 13.6. The van der Waals surface area contributed by atoms with Crippen molar-refractivity contribution in [3.05, 3.63) is 35.9 Å². The number of carbonyl (C=O) groups excluding carboxylic acids is 1. The number of sulfone groups is 1. The monoisotopic (exact) mass is 536 g/mol. The van der Waals surface area contributed by atoms with Crippen LogP contribution in [-0.2, 0) is 20.8 Å². The Labute approximate surface area is 212 Å². The molecule has 8 nitrogen and oxygen atoms in total. The van der Waals surface area contributed by atoms with Gasteiger partial charge in [0.15, 0.2) is 9.84 Å². The number of rotatable bonds is 5. The van der Waals surface area contributed by atoms with Crippen LogP contribution in [0.15, 0.2) is 28.7 Å². The minimum Gasteiger partial charge on any atom is -0.437 e. The first kappa shape index (κ1) is 25.6. The van der Waals surface area contributed by atoms with Crippen LogP contribution in [0.3, 0.4) is 0 Å². The third-order valence-corrected chi connectivity index (χ3v) is 9.12. The summed E-state index contributed by atoms with van der Waals surface area (Å²) in [6.07, 6.45) is -1.23. The van der Waals surface area contributed by atoms with E-state index in [1.165, 1.54) is 0 Å². The number of amides is 1. The van der Waals surface area contributed by atoms with Gasteiger partial charge in [-0.15, -0.1) is 0 Å². The molecule has 2 aliphatic carbocycles. The molecule has 0 bridgehead atoms. The Bertz CT molecular complexity index is 1310. The van der Waals surface area contributed by atoms with Crippen LogP contribution in [0.25, 0.3) is 11.3 Å². The molecule has 2 aromatic rings. The average Bonchev–Trinajstić information content (AvgIpc) is 3.49. The van der Waals surface area contributed by atoms with Crippen molar-refractivity contribution in [1.82, 2.24) is 10.3 Å². The van der Waals surface area contributed by atoms with Gasteiger partial charge in [0.2, 0.25) is 5.91 Å². The number of oxazole rings is 1. The van der Waals surface area contributed by atoms with Crippen LogP contribution >= 0.6 is 0 Å². The summed E-state index contributed by atoms with van der Waals surface area (Å²) in [5, 5.41) is 12.2. The summed E-state index contributed by atoms with van der Waals surface area (Å²) in [5.74, 6) is -2.79. The highest BCUT2D eigenvalue weighted by Crippen LogP contribution is 2.45. The number of anilines is 1. The van der Waals surface area contributed by atoms with Gasteiger partial charge in [-0.3, -0.25) is 4.79 Å². The highest BCUT2D eigenvalue weighted by Gasteiger charge is 2.48. The fourth-order valence-electron chi connectivity index (χ4n) is 5.19. The number of nitrogens with zero attached hydrogens (tertiary/aromatic N) is 3. The predicted octanol–water partition coefficient (Wildman–Crippen LogP) is 4.04. The van der Waals surface area contributed by atoms with Crippen LogP contribution in [0.4, 0.5) is 18.9 Å². The molecule has 12 heteroatoms. The molecular formula is C25H27F3N4O4S. The molecule has 1 amide bonds. The second-order valence-corrected chi connectivity index (χ2v) is 12.4. The number of alkyl halides is 3. The van der Waals surface area contributed by atoms with Crippen LogP contribution in [0.2, 0.25) is 0 Å². The molecule has 0 radical (unpaired) electrons. The predicted molar refractivity (Wildman–Crippen MR) is 128 cm³/mol. The zero-order valence-electron chi connectivity index (χ0n) is 20.1. The molecule has 198 valence electrons. The summed E-state index contributed by atoms with van der Waals surface area (Å²) in [4.78, 5) is 18.9. The molecule has 1 N–H and O–H groups in total. The minimum atomic E-state index is -4.79. The smallest absolute Gasteiger partial charge is 0.437 e. The first-order valence-corrected chi connectivity index (χ1v) is 14.2. The molecule has 1 saturated heterocycles. The molecule has 2 heterocycles. The summed E-state index contributed by atoms with van der Waals surface area (Å²) in [7, 11) is -3.05. The van der Waals surface area contributed by atoms with Crippen molar-refractivity contribution in [2.45, 2.75) is 56.2 Å². The van der Waals surface area contributed by atoms with Crippen molar-refractivity contribution in [3.8, 4) is 17.3 Å². The summed E-state index contributed by atoms with van der Waals surface area (Å²) in [6, 6.07) is 8.87. The Morgan fingerprint density at radius 2 is 1.78 bits per heavy atom. The number of hydrogen-bond acceptors (Lipinski definition) is 7. The van der Waals surface area contributed by atoms with Gasteiger partial charge < -0.3 is 14.6 Å². The highest BCUT2D eigenvalue weighted by molar-refractivity contribution is 7.91. The number of aromatic nitrogens is 1. The number of benzene rings is 1. The van der Waals surface area contributed by atoms with Gasteiger partial charge in [0.05, 0.1) is 17.6 Å². The molecule has 1 aromatic heterocycles. The molecule has 3 aliphatic rings. The van der Waals surface area contributed by atoms with E-state index in [0.717, 1.165) is 18.5 Å². The van der Waals surface area contributed by atoms with Gasteiger partial charge in [-0.25, -0.2) is 13.4 Å². The van der Waals surface area contributed by atoms with Gasteiger partial charge in [-0.1, -0.05) is 25.0 Å². The molecule has 5 rings (SSSR count). The fourth-order valence-corrected chi connectivity index (χ4v) is 6.39. The SMILES string of the molecule is N#CC1(NC(=O)[C@@H]2CCCC[C@H]2c2oc(C(F)(F)F)nc2-c2ccc(N3CCS(=O)(=O)CC3)cc2)CC1. The number of hydrogen-bond donors (Lipinski definition) is 1. The van der Waals surface area contributed by atoms with Crippen molar-refractivity contribution in [3.63, 3.8) is 0 Å². The van der Waals surface area contributed by atoms with E-state index in [4.69, 9.17) is 4.42 Å². The van der Waals surface area contributed by atoms with Crippen molar-refractivity contribution in [2.75, 3.05) is 29.5 Å². The lowest BCUT2D eigenvalue weighted by Gasteiger charge is -2.30. The summed E-state index contributed by atoms with van der Waals surface area (Å²) in [5.41, 5.74) is 0.361. The van der Waals surface area contributed by atoms with E-state index in [1.807, 2.05) is 4.90 Å². The van der Waals surface area contributed by atoms with E-state index in [2.05, 4.69) is 16.4 Å². The van der Waals surface area contributed by atoms with Crippen molar-refractivity contribution in [2.24, 2.45) is 5.92 Å². The average molecular weight is 537 g/mol. The Balaban J connectivity index is 1.45. The zero-order chi connectivity index (χ0) is 26.4.